The molecule has 0 radical (unpaired) electrons. The van der Waals surface area contributed by atoms with Gasteiger partial charge in [-0.3, -0.25) is 4.39 Å². The quantitative estimate of drug-likeness (QED) is 0.564. The van der Waals surface area contributed by atoms with E-state index in [2.05, 4.69) is 28.1 Å². The number of rotatable bonds is 5. The Morgan fingerprint density at radius 3 is 2.46 bits per heavy atom. The molecule has 0 aromatic heterocycles. The van der Waals surface area contributed by atoms with E-state index < -0.39 is 0 Å². The molecule has 1 aromatic carbocycles. The fourth-order valence-electron chi connectivity index (χ4n) is 0.917. The largest absolute Gasteiger partial charge is 0.251 e. The van der Waals surface area contributed by atoms with E-state index in [1.807, 2.05) is 12.1 Å². The highest BCUT2D eigenvalue weighted by atomic mass is 79.9. The van der Waals surface area contributed by atoms with Crippen molar-refractivity contribution in [2.24, 2.45) is 0 Å². The molecular weight excluding hydrogens is 251 g/mol. The lowest BCUT2D eigenvalue weighted by molar-refractivity contribution is 0.470. The van der Waals surface area contributed by atoms with Crippen LogP contribution in [-0.4, -0.2) is 12.4 Å². The van der Waals surface area contributed by atoms with Crippen molar-refractivity contribution in [3.63, 3.8) is 0 Å². The molecule has 13 heavy (non-hydrogen) atoms. The van der Waals surface area contributed by atoms with Crippen molar-refractivity contribution in [2.45, 2.75) is 17.7 Å². The van der Waals surface area contributed by atoms with E-state index in [9.17, 15) is 4.39 Å². The van der Waals surface area contributed by atoms with Gasteiger partial charge in [0.15, 0.2) is 0 Å². The van der Waals surface area contributed by atoms with Gasteiger partial charge in [-0.1, -0.05) is 15.9 Å². The highest BCUT2D eigenvalue weighted by Gasteiger charge is 1.93. The summed E-state index contributed by atoms with van der Waals surface area (Å²) >= 11 is 5.16. The third-order valence-corrected chi connectivity index (χ3v) is 3.24. The van der Waals surface area contributed by atoms with Gasteiger partial charge in [-0.2, -0.15) is 0 Å². The van der Waals surface area contributed by atoms with Crippen LogP contribution >= 0.6 is 27.7 Å². The van der Waals surface area contributed by atoms with E-state index in [1.165, 1.54) is 4.90 Å². The molecule has 0 saturated heterocycles. The third kappa shape index (κ3) is 4.67. The lowest BCUT2D eigenvalue weighted by atomic mass is 10.4. The lowest BCUT2D eigenvalue weighted by Crippen LogP contribution is -1.81. The van der Waals surface area contributed by atoms with Crippen molar-refractivity contribution in [3.8, 4) is 0 Å². The van der Waals surface area contributed by atoms with Crippen molar-refractivity contribution in [1.82, 2.24) is 0 Å². The van der Waals surface area contributed by atoms with Crippen LogP contribution in [-0.2, 0) is 0 Å². The van der Waals surface area contributed by atoms with Crippen LogP contribution in [0.1, 0.15) is 12.8 Å². The lowest BCUT2D eigenvalue weighted by Gasteiger charge is -2.00. The fourth-order valence-corrected chi connectivity index (χ4v) is 2.09. The number of halogens is 2. The average molecular weight is 263 g/mol. The predicted molar refractivity (Wildman–Crippen MR) is 60.1 cm³/mol. The topological polar surface area (TPSA) is 0 Å². The van der Waals surface area contributed by atoms with Gasteiger partial charge >= 0.3 is 0 Å². The van der Waals surface area contributed by atoms with Gasteiger partial charge in [0.2, 0.25) is 0 Å². The van der Waals surface area contributed by atoms with E-state index in [0.717, 1.165) is 16.6 Å². The van der Waals surface area contributed by atoms with Gasteiger partial charge in [0.1, 0.15) is 0 Å². The minimum Gasteiger partial charge on any atom is -0.251 e. The van der Waals surface area contributed by atoms with Crippen LogP contribution in [0.3, 0.4) is 0 Å². The summed E-state index contributed by atoms with van der Waals surface area (Å²) in [4.78, 5) is 1.25. The number of thioether (sulfide) groups is 1. The van der Waals surface area contributed by atoms with Crippen molar-refractivity contribution < 1.29 is 4.39 Å². The Bertz CT molecular complexity index is 235. The zero-order valence-electron chi connectivity index (χ0n) is 7.30. The molecule has 0 N–H and O–H groups in total. The second-order valence-electron chi connectivity index (χ2n) is 2.70. The second kappa shape index (κ2) is 6.44. The van der Waals surface area contributed by atoms with E-state index in [4.69, 9.17) is 0 Å². The van der Waals surface area contributed by atoms with Gasteiger partial charge in [0.25, 0.3) is 0 Å². The molecule has 0 fully saturated rings. The minimum absolute atomic E-state index is 0.194. The number of hydrogen-bond acceptors (Lipinski definition) is 1. The monoisotopic (exact) mass is 262 g/mol. The molecule has 0 amide bonds. The smallest absolute Gasteiger partial charge is 0.0894 e. The molecular formula is C10H12BrFS. The molecule has 0 atom stereocenters. The van der Waals surface area contributed by atoms with Gasteiger partial charge in [-0.05, 0) is 42.9 Å². The van der Waals surface area contributed by atoms with Crippen LogP contribution in [0.25, 0.3) is 0 Å². The molecule has 72 valence electrons. The molecule has 0 aliphatic rings. The molecule has 0 spiro atoms. The SMILES string of the molecule is FCCCCSc1ccc(Br)cc1. The van der Waals surface area contributed by atoms with Crippen LogP contribution in [0, 0.1) is 0 Å². The first-order valence-electron chi connectivity index (χ1n) is 4.27. The average Bonchev–Trinajstić information content (AvgIpc) is 2.15. The van der Waals surface area contributed by atoms with Gasteiger partial charge in [-0.15, -0.1) is 11.8 Å². The minimum atomic E-state index is -0.194. The molecule has 0 heterocycles. The molecule has 1 rings (SSSR count). The summed E-state index contributed by atoms with van der Waals surface area (Å²) in [6.45, 7) is -0.194. The summed E-state index contributed by atoms with van der Waals surface area (Å²) < 4.78 is 12.9. The van der Waals surface area contributed by atoms with E-state index >= 15 is 0 Å². The molecule has 1 aromatic rings. The predicted octanol–water partition coefficient (Wildman–Crippen LogP) is 4.29. The van der Waals surface area contributed by atoms with E-state index in [0.29, 0.717) is 6.42 Å². The van der Waals surface area contributed by atoms with Crippen LogP contribution < -0.4 is 0 Å². The first-order valence-corrected chi connectivity index (χ1v) is 6.05. The van der Waals surface area contributed by atoms with Gasteiger partial charge < -0.3 is 0 Å². The second-order valence-corrected chi connectivity index (χ2v) is 4.78. The molecule has 3 heteroatoms. The zero-order chi connectivity index (χ0) is 9.52. The number of hydrogen-bond donors (Lipinski definition) is 0. The van der Waals surface area contributed by atoms with Gasteiger partial charge in [0.05, 0.1) is 6.67 Å². The first-order chi connectivity index (χ1) is 6.33. The summed E-state index contributed by atoms with van der Waals surface area (Å²) in [6.07, 6.45) is 1.64. The van der Waals surface area contributed by atoms with Crippen molar-refractivity contribution in [1.29, 1.82) is 0 Å². The van der Waals surface area contributed by atoms with E-state index in [-0.39, 0.29) is 6.67 Å². The maximum absolute atomic E-state index is 11.8. The Balaban J connectivity index is 2.25. The number of unbranched alkanes of at least 4 members (excludes halogenated alkanes) is 1. The summed E-state index contributed by atoms with van der Waals surface area (Å²) in [6, 6.07) is 8.20. The standard InChI is InChI=1S/C10H12BrFS/c11-9-3-5-10(6-4-9)13-8-2-1-7-12/h3-6H,1-2,7-8H2. The first kappa shape index (κ1) is 11.1. The van der Waals surface area contributed by atoms with Crippen LogP contribution in [0.2, 0.25) is 0 Å². The summed E-state index contributed by atoms with van der Waals surface area (Å²) in [5, 5.41) is 0. The van der Waals surface area contributed by atoms with Crippen LogP contribution in [0.5, 0.6) is 0 Å². The molecule has 0 bridgehead atoms. The van der Waals surface area contributed by atoms with Crippen LogP contribution in [0.15, 0.2) is 33.6 Å². The Morgan fingerprint density at radius 2 is 1.85 bits per heavy atom. The summed E-state index contributed by atoms with van der Waals surface area (Å²) in [5.74, 6) is 1.01. The normalized spacial score (nSPS) is 10.3. The third-order valence-electron chi connectivity index (χ3n) is 1.61. The molecule has 0 saturated carbocycles. The summed E-state index contributed by atoms with van der Waals surface area (Å²) in [5.41, 5.74) is 0. The van der Waals surface area contributed by atoms with Gasteiger partial charge in [-0.25, -0.2) is 0 Å². The Labute approximate surface area is 91.0 Å². The van der Waals surface area contributed by atoms with Crippen molar-refractivity contribution >= 4 is 27.7 Å². The number of benzene rings is 1. The van der Waals surface area contributed by atoms with Crippen LogP contribution in [0.4, 0.5) is 4.39 Å². The maximum Gasteiger partial charge on any atom is 0.0894 e. The Hall–Kier alpha value is -0.0200. The fraction of sp³-hybridized carbons (Fsp3) is 0.400. The Morgan fingerprint density at radius 1 is 1.15 bits per heavy atom. The van der Waals surface area contributed by atoms with E-state index in [1.54, 1.807) is 11.8 Å². The van der Waals surface area contributed by atoms with Crippen molar-refractivity contribution in [2.75, 3.05) is 12.4 Å². The zero-order valence-corrected chi connectivity index (χ0v) is 9.70. The molecule has 0 aliphatic carbocycles. The maximum atomic E-state index is 11.8. The highest BCUT2D eigenvalue weighted by molar-refractivity contribution is 9.10. The molecule has 0 nitrogen and oxygen atoms in total. The molecule has 0 unspecified atom stereocenters. The summed E-state index contributed by atoms with van der Waals surface area (Å²) in [7, 11) is 0. The molecule has 0 aliphatic heterocycles. The highest BCUT2D eigenvalue weighted by Crippen LogP contribution is 2.21. The van der Waals surface area contributed by atoms with Crippen molar-refractivity contribution in [3.05, 3.63) is 28.7 Å². The Kier molecular flexibility index (Phi) is 5.47. The number of alkyl halides is 1. The van der Waals surface area contributed by atoms with Gasteiger partial charge in [0, 0.05) is 9.37 Å².